The molecule has 1 amide bonds. The van der Waals surface area contributed by atoms with Crippen molar-refractivity contribution in [1.29, 1.82) is 0 Å². The molecule has 1 aliphatic heterocycles. The molecule has 1 aromatic rings. The topological polar surface area (TPSA) is 73.6 Å². The maximum absolute atomic E-state index is 12.5. The first-order chi connectivity index (χ1) is 12.6. The molecule has 2 aliphatic rings. The van der Waals surface area contributed by atoms with Gasteiger partial charge in [0.15, 0.2) is 0 Å². The van der Waals surface area contributed by atoms with Crippen molar-refractivity contribution < 1.29 is 14.3 Å². The molecule has 1 aromatic carbocycles. The predicted octanol–water partition coefficient (Wildman–Crippen LogP) is 3.65. The number of benzene rings is 1. The van der Waals surface area contributed by atoms with Gasteiger partial charge in [-0.1, -0.05) is 25.3 Å². The Bertz CT molecular complexity index is 593. The number of nitrogens with two attached hydrogens (primary N) is 1. The predicted molar refractivity (Wildman–Crippen MR) is 103 cm³/mol. The normalized spacial score (nSPS) is 20.5. The molecule has 0 radical (unpaired) electrons. The molecule has 1 atom stereocenters. The van der Waals surface area contributed by atoms with Crippen molar-refractivity contribution in [3.05, 3.63) is 23.8 Å². The number of hydrogen-bond acceptors (Lipinski definition) is 4. The molecule has 1 saturated carbocycles. The summed E-state index contributed by atoms with van der Waals surface area (Å²) in [5.41, 5.74) is 8.01. The molecule has 0 aromatic heterocycles. The minimum atomic E-state index is -0.494. The number of carbonyl (C=O) groups excluding carboxylic acids is 1. The van der Waals surface area contributed by atoms with Gasteiger partial charge >= 0.3 is 0 Å². The van der Waals surface area contributed by atoms with E-state index in [-0.39, 0.29) is 11.8 Å². The Morgan fingerprint density at radius 1 is 1.23 bits per heavy atom. The van der Waals surface area contributed by atoms with Crippen molar-refractivity contribution in [2.45, 2.75) is 57.9 Å². The zero-order valence-electron chi connectivity index (χ0n) is 15.8. The Balaban J connectivity index is 1.56. The number of hydrogen-bond donors (Lipinski definition) is 2. The van der Waals surface area contributed by atoms with Crippen LogP contribution in [0.4, 0.5) is 5.69 Å². The third-order valence-corrected chi connectivity index (χ3v) is 5.73. The summed E-state index contributed by atoms with van der Waals surface area (Å²) < 4.78 is 11.4. The third-order valence-electron chi connectivity index (χ3n) is 5.73. The Labute approximate surface area is 156 Å². The van der Waals surface area contributed by atoms with E-state index in [9.17, 15) is 4.79 Å². The van der Waals surface area contributed by atoms with Crippen LogP contribution in [0.3, 0.4) is 0 Å². The van der Waals surface area contributed by atoms with E-state index >= 15 is 0 Å². The molecule has 1 unspecified atom stereocenters. The standard InChI is InChI=1S/C21H32N2O3/c1-15-7-8-18(13-19(15)26-14-16-5-3-2-4-6-16)23-21(24)20(22)17-9-11-25-12-10-17/h7-8,13,16-17,20H,2-6,9-12,14,22H2,1H3,(H,23,24). The lowest BCUT2D eigenvalue weighted by Gasteiger charge is -2.27. The first-order valence-corrected chi connectivity index (χ1v) is 10.0. The fourth-order valence-electron chi connectivity index (χ4n) is 3.91. The molecule has 1 heterocycles. The van der Waals surface area contributed by atoms with Gasteiger partial charge in [-0.25, -0.2) is 0 Å². The minimum absolute atomic E-state index is 0.126. The largest absolute Gasteiger partial charge is 0.493 e. The van der Waals surface area contributed by atoms with Crippen LogP contribution in [0, 0.1) is 18.8 Å². The van der Waals surface area contributed by atoms with Crippen LogP contribution in [0.5, 0.6) is 5.75 Å². The summed E-state index contributed by atoms with van der Waals surface area (Å²) in [5.74, 6) is 1.58. The minimum Gasteiger partial charge on any atom is -0.493 e. The molecule has 5 nitrogen and oxygen atoms in total. The van der Waals surface area contributed by atoms with E-state index in [1.54, 1.807) is 0 Å². The number of amides is 1. The molecular formula is C21H32N2O3. The van der Waals surface area contributed by atoms with Gasteiger partial charge in [-0.3, -0.25) is 4.79 Å². The van der Waals surface area contributed by atoms with E-state index in [2.05, 4.69) is 5.32 Å². The molecule has 26 heavy (non-hydrogen) atoms. The number of ether oxygens (including phenoxy) is 2. The quantitative estimate of drug-likeness (QED) is 0.812. The molecule has 0 spiro atoms. The molecule has 1 aliphatic carbocycles. The maximum atomic E-state index is 12.5. The zero-order valence-corrected chi connectivity index (χ0v) is 15.8. The van der Waals surface area contributed by atoms with Crippen molar-refractivity contribution >= 4 is 11.6 Å². The molecule has 1 saturated heterocycles. The summed E-state index contributed by atoms with van der Waals surface area (Å²) in [6.07, 6.45) is 8.19. The van der Waals surface area contributed by atoms with Gasteiger partial charge in [-0.05, 0) is 56.1 Å². The van der Waals surface area contributed by atoms with Gasteiger partial charge in [0.25, 0.3) is 0 Å². The van der Waals surface area contributed by atoms with Crippen molar-refractivity contribution in [3.8, 4) is 5.75 Å². The third kappa shape index (κ3) is 5.21. The van der Waals surface area contributed by atoms with Crippen LogP contribution in [0.1, 0.15) is 50.5 Å². The molecule has 0 bridgehead atoms. The van der Waals surface area contributed by atoms with E-state index in [0.717, 1.165) is 36.4 Å². The SMILES string of the molecule is Cc1ccc(NC(=O)C(N)C2CCOCC2)cc1OCC1CCCCC1. The Hall–Kier alpha value is -1.59. The number of anilines is 1. The van der Waals surface area contributed by atoms with Gasteiger partial charge < -0.3 is 20.5 Å². The number of nitrogens with one attached hydrogen (secondary N) is 1. The van der Waals surface area contributed by atoms with Crippen LogP contribution in [0.15, 0.2) is 18.2 Å². The average Bonchev–Trinajstić information content (AvgIpc) is 2.69. The van der Waals surface area contributed by atoms with E-state index in [1.165, 1.54) is 32.1 Å². The molecule has 144 valence electrons. The summed E-state index contributed by atoms with van der Waals surface area (Å²) in [6, 6.07) is 5.34. The van der Waals surface area contributed by atoms with Crippen LogP contribution in [-0.4, -0.2) is 31.8 Å². The highest BCUT2D eigenvalue weighted by Crippen LogP contribution is 2.28. The van der Waals surface area contributed by atoms with Crippen molar-refractivity contribution in [1.82, 2.24) is 0 Å². The van der Waals surface area contributed by atoms with Gasteiger partial charge in [0.2, 0.25) is 5.91 Å². The summed E-state index contributed by atoms with van der Waals surface area (Å²) in [4.78, 5) is 12.5. The van der Waals surface area contributed by atoms with Crippen LogP contribution >= 0.6 is 0 Å². The molecular weight excluding hydrogens is 328 g/mol. The summed E-state index contributed by atoms with van der Waals surface area (Å²) in [6.45, 7) is 4.18. The highest BCUT2D eigenvalue weighted by Gasteiger charge is 2.26. The van der Waals surface area contributed by atoms with Gasteiger partial charge in [0.1, 0.15) is 5.75 Å². The van der Waals surface area contributed by atoms with Crippen molar-refractivity contribution in [3.63, 3.8) is 0 Å². The van der Waals surface area contributed by atoms with Gasteiger partial charge in [-0.15, -0.1) is 0 Å². The second-order valence-electron chi connectivity index (χ2n) is 7.76. The summed E-state index contributed by atoms with van der Waals surface area (Å²) in [7, 11) is 0. The average molecular weight is 360 g/mol. The van der Waals surface area contributed by atoms with Crippen LogP contribution < -0.4 is 15.8 Å². The fourth-order valence-corrected chi connectivity index (χ4v) is 3.91. The summed E-state index contributed by atoms with van der Waals surface area (Å²) in [5, 5.41) is 2.96. The van der Waals surface area contributed by atoms with Crippen LogP contribution in [-0.2, 0) is 9.53 Å². The fraction of sp³-hybridized carbons (Fsp3) is 0.667. The second kappa shape index (κ2) is 9.38. The zero-order chi connectivity index (χ0) is 18.4. The Morgan fingerprint density at radius 2 is 1.96 bits per heavy atom. The lowest BCUT2D eigenvalue weighted by Crippen LogP contribution is -2.44. The van der Waals surface area contributed by atoms with Crippen molar-refractivity contribution in [2.24, 2.45) is 17.6 Å². The number of carbonyl (C=O) groups is 1. The highest BCUT2D eigenvalue weighted by atomic mass is 16.5. The van der Waals surface area contributed by atoms with Gasteiger partial charge in [-0.2, -0.15) is 0 Å². The molecule has 3 rings (SSSR count). The lowest BCUT2D eigenvalue weighted by molar-refractivity contribution is -0.119. The maximum Gasteiger partial charge on any atom is 0.241 e. The number of aryl methyl sites for hydroxylation is 1. The van der Waals surface area contributed by atoms with Crippen molar-refractivity contribution in [2.75, 3.05) is 25.1 Å². The van der Waals surface area contributed by atoms with Gasteiger partial charge in [0, 0.05) is 25.0 Å². The van der Waals surface area contributed by atoms with Gasteiger partial charge in [0.05, 0.1) is 12.6 Å². The molecule has 2 fully saturated rings. The highest BCUT2D eigenvalue weighted by molar-refractivity contribution is 5.95. The molecule has 3 N–H and O–H groups in total. The van der Waals surface area contributed by atoms with E-state index in [0.29, 0.717) is 19.1 Å². The number of rotatable bonds is 6. The lowest BCUT2D eigenvalue weighted by atomic mass is 9.90. The summed E-state index contributed by atoms with van der Waals surface area (Å²) >= 11 is 0. The first kappa shape index (κ1) is 19.2. The second-order valence-corrected chi connectivity index (χ2v) is 7.76. The van der Waals surface area contributed by atoms with Crippen LogP contribution in [0.2, 0.25) is 0 Å². The van der Waals surface area contributed by atoms with E-state index in [1.807, 2.05) is 25.1 Å². The smallest absolute Gasteiger partial charge is 0.241 e. The Morgan fingerprint density at radius 3 is 2.69 bits per heavy atom. The molecule has 5 heteroatoms. The monoisotopic (exact) mass is 360 g/mol. The van der Waals surface area contributed by atoms with E-state index < -0.39 is 6.04 Å². The van der Waals surface area contributed by atoms with Crippen LogP contribution in [0.25, 0.3) is 0 Å². The van der Waals surface area contributed by atoms with E-state index in [4.69, 9.17) is 15.2 Å². The Kier molecular flexibility index (Phi) is 6.92. The first-order valence-electron chi connectivity index (χ1n) is 10.0.